The number of halogens is 1. The van der Waals surface area contributed by atoms with Crippen molar-refractivity contribution in [2.45, 2.75) is 0 Å². The van der Waals surface area contributed by atoms with E-state index in [2.05, 4.69) is 5.16 Å². The Morgan fingerprint density at radius 3 is 2.63 bits per heavy atom. The highest BCUT2D eigenvalue weighted by molar-refractivity contribution is 6.02. The summed E-state index contributed by atoms with van der Waals surface area (Å²) >= 11 is 0. The molecule has 0 radical (unpaired) electrons. The molecule has 0 aliphatic heterocycles. The van der Waals surface area contributed by atoms with E-state index in [1.54, 1.807) is 36.2 Å². The Morgan fingerprint density at radius 1 is 1.21 bits per heavy atom. The summed E-state index contributed by atoms with van der Waals surface area (Å²) < 4.78 is 13.3. The molecule has 3 N–H and O–H groups in total. The van der Waals surface area contributed by atoms with Crippen molar-refractivity contribution < 1.29 is 9.60 Å². The lowest BCUT2D eigenvalue weighted by Crippen LogP contribution is -2.19. The van der Waals surface area contributed by atoms with Gasteiger partial charge >= 0.3 is 0 Å². The molecule has 0 saturated heterocycles. The first-order valence-electron chi connectivity index (χ1n) is 5.69. The molecule has 2 aromatic carbocycles. The molecule has 0 bridgehead atoms. The first kappa shape index (κ1) is 12.9. The average molecular weight is 259 g/mol. The van der Waals surface area contributed by atoms with E-state index in [0.29, 0.717) is 11.3 Å². The van der Waals surface area contributed by atoms with E-state index in [9.17, 15) is 4.39 Å². The molecule has 2 rings (SSSR count). The SMILES string of the molecule is CN(c1cccc(F)c1)c1ccccc1C(N)=NO. The molecule has 0 spiro atoms. The number of hydrogen-bond donors (Lipinski definition) is 2. The molecule has 0 aliphatic carbocycles. The molecule has 0 aromatic heterocycles. The van der Waals surface area contributed by atoms with E-state index in [1.807, 2.05) is 12.1 Å². The van der Waals surface area contributed by atoms with Gasteiger partial charge in [-0.05, 0) is 30.3 Å². The van der Waals surface area contributed by atoms with Crippen LogP contribution in [-0.2, 0) is 0 Å². The Hall–Kier alpha value is -2.56. The highest BCUT2D eigenvalue weighted by atomic mass is 19.1. The lowest BCUT2D eigenvalue weighted by Gasteiger charge is -2.22. The van der Waals surface area contributed by atoms with Gasteiger partial charge in [0.25, 0.3) is 0 Å². The van der Waals surface area contributed by atoms with E-state index in [0.717, 1.165) is 5.69 Å². The maximum absolute atomic E-state index is 13.3. The van der Waals surface area contributed by atoms with Crippen LogP contribution in [0.25, 0.3) is 0 Å². The van der Waals surface area contributed by atoms with Crippen molar-refractivity contribution in [2.24, 2.45) is 10.9 Å². The number of hydrogen-bond acceptors (Lipinski definition) is 3. The maximum Gasteiger partial charge on any atom is 0.172 e. The summed E-state index contributed by atoms with van der Waals surface area (Å²) in [5, 5.41) is 11.8. The monoisotopic (exact) mass is 259 g/mol. The van der Waals surface area contributed by atoms with E-state index < -0.39 is 0 Å². The summed E-state index contributed by atoms with van der Waals surface area (Å²) in [4.78, 5) is 1.77. The van der Waals surface area contributed by atoms with Gasteiger partial charge in [0, 0.05) is 18.3 Å². The molecule has 4 nitrogen and oxygen atoms in total. The highest BCUT2D eigenvalue weighted by Crippen LogP contribution is 2.27. The number of amidine groups is 1. The average Bonchev–Trinajstić information content (AvgIpc) is 2.45. The summed E-state index contributed by atoms with van der Waals surface area (Å²) in [6.07, 6.45) is 0. The molecule has 19 heavy (non-hydrogen) atoms. The van der Waals surface area contributed by atoms with Crippen molar-refractivity contribution in [1.29, 1.82) is 0 Å². The summed E-state index contributed by atoms with van der Waals surface area (Å²) in [7, 11) is 1.79. The van der Waals surface area contributed by atoms with Gasteiger partial charge in [-0.15, -0.1) is 0 Å². The number of anilines is 2. The molecular formula is C14H14FN3O. The van der Waals surface area contributed by atoms with Crippen LogP contribution in [0.15, 0.2) is 53.7 Å². The first-order valence-corrected chi connectivity index (χ1v) is 5.69. The molecular weight excluding hydrogens is 245 g/mol. The molecule has 5 heteroatoms. The summed E-state index contributed by atoms with van der Waals surface area (Å²) in [6, 6.07) is 13.4. The van der Waals surface area contributed by atoms with E-state index in [-0.39, 0.29) is 11.7 Å². The van der Waals surface area contributed by atoms with Gasteiger partial charge in [0.1, 0.15) is 5.82 Å². The Bertz CT molecular complexity index is 613. The lowest BCUT2D eigenvalue weighted by atomic mass is 10.1. The van der Waals surface area contributed by atoms with Crippen LogP contribution < -0.4 is 10.6 Å². The van der Waals surface area contributed by atoms with Gasteiger partial charge in [-0.25, -0.2) is 4.39 Å². The van der Waals surface area contributed by atoms with Gasteiger partial charge in [-0.2, -0.15) is 0 Å². The zero-order chi connectivity index (χ0) is 13.8. The van der Waals surface area contributed by atoms with Crippen LogP contribution >= 0.6 is 0 Å². The normalized spacial score (nSPS) is 11.4. The third-order valence-corrected chi connectivity index (χ3v) is 2.84. The van der Waals surface area contributed by atoms with Crippen molar-refractivity contribution in [3.63, 3.8) is 0 Å². The molecule has 0 saturated carbocycles. The zero-order valence-electron chi connectivity index (χ0n) is 10.4. The van der Waals surface area contributed by atoms with Crippen molar-refractivity contribution in [3.8, 4) is 0 Å². The van der Waals surface area contributed by atoms with Crippen LogP contribution in [0.1, 0.15) is 5.56 Å². The molecule has 2 aromatic rings. The summed E-state index contributed by atoms with van der Waals surface area (Å²) in [6.45, 7) is 0. The standard InChI is InChI=1S/C14H14FN3O/c1-18(11-6-4-5-10(15)9-11)13-8-3-2-7-12(13)14(16)17-19/h2-9,19H,1H3,(H2,16,17). The van der Waals surface area contributed by atoms with Crippen molar-refractivity contribution in [3.05, 3.63) is 59.9 Å². The van der Waals surface area contributed by atoms with Gasteiger partial charge in [0.2, 0.25) is 0 Å². The Kier molecular flexibility index (Phi) is 3.66. The molecule has 0 heterocycles. The fourth-order valence-electron chi connectivity index (χ4n) is 1.86. The molecule has 0 amide bonds. The van der Waals surface area contributed by atoms with Gasteiger partial charge in [0.05, 0.1) is 5.69 Å². The second-order valence-electron chi connectivity index (χ2n) is 4.04. The van der Waals surface area contributed by atoms with Crippen molar-refractivity contribution in [2.75, 3.05) is 11.9 Å². The number of rotatable bonds is 3. The van der Waals surface area contributed by atoms with Crippen LogP contribution in [0.2, 0.25) is 0 Å². The first-order chi connectivity index (χ1) is 9.13. The third kappa shape index (κ3) is 2.65. The molecule has 0 atom stereocenters. The van der Waals surface area contributed by atoms with Crippen LogP contribution in [-0.4, -0.2) is 18.1 Å². The number of oxime groups is 1. The lowest BCUT2D eigenvalue weighted by molar-refractivity contribution is 0.318. The molecule has 0 unspecified atom stereocenters. The van der Waals surface area contributed by atoms with Gasteiger partial charge in [0.15, 0.2) is 5.84 Å². The molecule has 0 aliphatic rings. The topological polar surface area (TPSA) is 61.8 Å². The molecule has 98 valence electrons. The number of para-hydroxylation sites is 1. The Labute approximate surface area is 110 Å². The van der Waals surface area contributed by atoms with E-state index in [4.69, 9.17) is 10.9 Å². The largest absolute Gasteiger partial charge is 0.409 e. The van der Waals surface area contributed by atoms with Gasteiger partial charge in [-0.3, -0.25) is 0 Å². The van der Waals surface area contributed by atoms with E-state index >= 15 is 0 Å². The van der Waals surface area contributed by atoms with Gasteiger partial charge < -0.3 is 15.8 Å². The third-order valence-electron chi connectivity index (χ3n) is 2.84. The highest BCUT2D eigenvalue weighted by Gasteiger charge is 2.12. The van der Waals surface area contributed by atoms with Crippen LogP contribution in [0.3, 0.4) is 0 Å². The fraction of sp³-hybridized carbons (Fsp3) is 0.0714. The minimum Gasteiger partial charge on any atom is -0.409 e. The summed E-state index contributed by atoms with van der Waals surface area (Å²) in [5.74, 6) is -0.301. The number of nitrogens with two attached hydrogens (primary N) is 1. The Morgan fingerprint density at radius 2 is 1.95 bits per heavy atom. The van der Waals surface area contributed by atoms with Crippen LogP contribution in [0.5, 0.6) is 0 Å². The maximum atomic E-state index is 13.3. The predicted octanol–water partition coefficient (Wildman–Crippen LogP) is 2.69. The van der Waals surface area contributed by atoms with Gasteiger partial charge in [-0.1, -0.05) is 23.4 Å². The smallest absolute Gasteiger partial charge is 0.172 e. The second kappa shape index (κ2) is 5.39. The van der Waals surface area contributed by atoms with Crippen LogP contribution in [0.4, 0.5) is 15.8 Å². The number of benzene rings is 2. The second-order valence-corrected chi connectivity index (χ2v) is 4.04. The molecule has 0 fully saturated rings. The number of nitrogens with zero attached hydrogens (tertiary/aromatic N) is 2. The minimum absolute atomic E-state index is 0.0128. The Balaban J connectivity index is 2.47. The summed E-state index contributed by atoms with van der Waals surface area (Å²) in [5.41, 5.74) is 7.62. The quantitative estimate of drug-likeness (QED) is 0.385. The minimum atomic E-state index is -0.314. The zero-order valence-corrected chi connectivity index (χ0v) is 10.4. The predicted molar refractivity (Wildman–Crippen MR) is 73.4 cm³/mol. The van der Waals surface area contributed by atoms with Crippen molar-refractivity contribution >= 4 is 17.2 Å². The van der Waals surface area contributed by atoms with Crippen molar-refractivity contribution in [1.82, 2.24) is 0 Å². The fourth-order valence-corrected chi connectivity index (χ4v) is 1.86. The van der Waals surface area contributed by atoms with E-state index in [1.165, 1.54) is 12.1 Å². The van der Waals surface area contributed by atoms with Crippen LogP contribution in [0, 0.1) is 5.82 Å².